The molecule has 0 saturated heterocycles. The maximum atomic E-state index is 11.7. The standard InChI is InChI=1S/C16H28O6/c1-3-5-7-9-11-13(15(17)21-19)14(16(18)22-20)12-10-8-6-4-2/h19-20H,3-12H2,1-2H3. The molecular weight excluding hydrogens is 288 g/mol. The van der Waals surface area contributed by atoms with E-state index in [1.54, 1.807) is 0 Å². The highest BCUT2D eigenvalue weighted by molar-refractivity contribution is 5.99. The van der Waals surface area contributed by atoms with Gasteiger partial charge in [-0.3, -0.25) is 9.78 Å². The van der Waals surface area contributed by atoms with Crippen molar-refractivity contribution >= 4 is 11.9 Å². The molecule has 0 aromatic rings. The van der Waals surface area contributed by atoms with Crippen LogP contribution in [0.5, 0.6) is 0 Å². The molecule has 0 spiro atoms. The molecule has 0 aromatic carbocycles. The van der Waals surface area contributed by atoms with Gasteiger partial charge >= 0.3 is 11.9 Å². The zero-order valence-electron chi connectivity index (χ0n) is 13.6. The minimum Gasteiger partial charge on any atom is -0.296 e. The Morgan fingerprint density at radius 1 is 0.682 bits per heavy atom. The van der Waals surface area contributed by atoms with Crippen molar-refractivity contribution in [2.75, 3.05) is 0 Å². The van der Waals surface area contributed by atoms with Crippen LogP contribution in [0.3, 0.4) is 0 Å². The van der Waals surface area contributed by atoms with E-state index in [1.165, 1.54) is 0 Å². The first-order valence-corrected chi connectivity index (χ1v) is 8.05. The summed E-state index contributed by atoms with van der Waals surface area (Å²) in [5, 5.41) is 17.2. The Morgan fingerprint density at radius 2 is 1.05 bits per heavy atom. The van der Waals surface area contributed by atoms with Crippen molar-refractivity contribution in [1.29, 1.82) is 0 Å². The molecule has 0 aliphatic carbocycles. The van der Waals surface area contributed by atoms with Crippen LogP contribution in [-0.4, -0.2) is 22.5 Å². The molecule has 0 aliphatic heterocycles. The van der Waals surface area contributed by atoms with Crippen LogP contribution in [-0.2, 0) is 19.4 Å². The predicted molar refractivity (Wildman–Crippen MR) is 82.0 cm³/mol. The molecule has 2 N–H and O–H groups in total. The summed E-state index contributed by atoms with van der Waals surface area (Å²) in [7, 11) is 0. The van der Waals surface area contributed by atoms with Gasteiger partial charge in [0.05, 0.1) is 11.1 Å². The number of hydrogen-bond acceptors (Lipinski definition) is 6. The van der Waals surface area contributed by atoms with E-state index in [-0.39, 0.29) is 11.1 Å². The Morgan fingerprint density at radius 3 is 1.32 bits per heavy atom. The SMILES string of the molecule is CCCCCCC(C(=O)OO)=C(CCCCCC)C(=O)OO. The Bertz CT molecular complexity index is 328. The molecule has 22 heavy (non-hydrogen) atoms. The fourth-order valence-electron chi connectivity index (χ4n) is 2.32. The van der Waals surface area contributed by atoms with Gasteiger partial charge in [0, 0.05) is 0 Å². The second-order valence-electron chi connectivity index (χ2n) is 5.34. The van der Waals surface area contributed by atoms with E-state index in [1.807, 2.05) is 0 Å². The van der Waals surface area contributed by atoms with Gasteiger partial charge < -0.3 is 0 Å². The lowest BCUT2D eigenvalue weighted by Crippen LogP contribution is -2.15. The highest BCUT2D eigenvalue weighted by Gasteiger charge is 2.23. The van der Waals surface area contributed by atoms with E-state index in [9.17, 15) is 9.59 Å². The number of unbranched alkanes of at least 4 members (excludes halogenated alkanes) is 6. The molecule has 6 heteroatoms. The summed E-state index contributed by atoms with van der Waals surface area (Å²) in [4.78, 5) is 31.0. The molecule has 0 rings (SSSR count). The van der Waals surface area contributed by atoms with E-state index < -0.39 is 11.9 Å². The maximum absolute atomic E-state index is 11.7. The molecule has 0 amide bonds. The van der Waals surface area contributed by atoms with Crippen molar-refractivity contribution in [3.63, 3.8) is 0 Å². The van der Waals surface area contributed by atoms with E-state index in [2.05, 4.69) is 23.6 Å². The third kappa shape index (κ3) is 8.14. The number of hydrogen-bond donors (Lipinski definition) is 2. The molecule has 0 bridgehead atoms. The third-order valence-electron chi connectivity index (χ3n) is 3.58. The average Bonchev–Trinajstić information content (AvgIpc) is 2.54. The monoisotopic (exact) mass is 316 g/mol. The van der Waals surface area contributed by atoms with Gasteiger partial charge in [-0.1, -0.05) is 52.4 Å². The van der Waals surface area contributed by atoms with Crippen molar-refractivity contribution in [3.05, 3.63) is 11.1 Å². The van der Waals surface area contributed by atoms with Crippen molar-refractivity contribution in [3.8, 4) is 0 Å². The third-order valence-corrected chi connectivity index (χ3v) is 3.58. The van der Waals surface area contributed by atoms with Gasteiger partial charge in [0.15, 0.2) is 0 Å². The molecule has 0 saturated carbocycles. The zero-order chi connectivity index (χ0) is 16.8. The molecule has 0 heterocycles. The van der Waals surface area contributed by atoms with Gasteiger partial charge in [-0.15, -0.1) is 0 Å². The van der Waals surface area contributed by atoms with Crippen LogP contribution in [0.1, 0.15) is 78.1 Å². The van der Waals surface area contributed by atoms with E-state index in [4.69, 9.17) is 10.5 Å². The van der Waals surface area contributed by atoms with Crippen LogP contribution in [0.15, 0.2) is 11.1 Å². The molecule has 0 radical (unpaired) electrons. The quantitative estimate of drug-likeness (QED) is 0.242. The first-order chi connectivity index (χ1) is 10.6. The summed E-state index contributed by atoms with van der Waals surface area (Å²) >= 11 is 0. The summed E-state index contributed by atoms with van der Waals surface area (Å²) in [6.45, 7) is 4.14. The van der Waals surface area contributed by atoms with Crippen molar-refractivity contribution in [2.45, 2.75) is 78.1 Å². The van der Waals surface area contributed by atoms with Crippen LogP contribution in [0.4, 0.5) is 0 Å². The van der Waals surface area contributed by atoms with Crippen LogP contribution in [0.2, 0.25) is 0 Å². The smallest absolute Gasteiger partial charge is 0.296 e. The molecule has 6 nitrogen and oxygen atoms in total. The fourth-order valence-corrected chi connectivity index (χ4v) is 2.32. The van der Waals surface area contributed by atoms with E-state index in [0.29, 0.717) is 25.7 Å². The second-order valence-corrected chi connectivity index (χ2v) is 5.34. The van der Waals surface area contributed by atoms with Gasteiger partial charge in [0.25, 0.3) is 0 Å². The number of carbonyl (C=O) groups is 2. The molecule has 0 fully saturated rings. The first kappa shape index (κ1) is 20.6. The van der Waals surface area contributed by atoms with E-state index in [0.717, 1.165) is 38.5 Å². The second kappa shape index (κ2) is 13.3. The Balaban J connectivity index is 5.01. The van der Waals surface area contributed by atoms with Crippen LogP contribution in [0.25, 0.3) is 0 Å². The first-order valence-electron chi connectivity index (χ1n) is 8.05. The van der Waals surface area contributed by atoms with Gasteiger partial charge in [0.2, 0.25) is 0 Å². The summed E-state index contributed by atoms with van der Waals surface area (Å²) < 4.78 is 0. The summed E-state index contributed by atoms with van der Waals surface area (Å²) in [6.07, 6.45) is 8.01. The zero-order valence-corrected chi connectivity index (χ0v) is 13.6. The van der Waals surface area contributed by atoms with Crippen LogP contribution in [0, 0.1) is 0 Å². The lowest BCUT2D eigenvalue weighted by molar-refractivity contribution is -0.232. The molecule has 0 aliphatic rings. The van der Waals surface area contributed by atoms with Gasteiger partial charge in [-0.05, 0) is 25.7 Å². The van der Waals surface area contributed by atoms with Gasteiger partial charge in [-0.25, -0.2) is 9.59 Å². The van der Waals surface area contributed by atoms with Gasteiger partial charge in [-0.2, -0.15) is 10.5 Å². The van der Waals surface area contributed by atoms with Crippen molar-refractivity contribution in [1.82, 2.24) is 0 Å². The Kier molecular flexibility index (Phi) is 12.4. The van der Waals surface area contributed by atoms with Gasteiger partial charge in [0.1, 0.15) is 0 Å². The average molecular weight is 316 g/mol. The fraction of sp³-hybridized carbons (Fsp3) is 0.750. The minimum absolute atomic E-state index is 0.0918. The molecule has 0 unspecified atom stereocenters. The van der Waals surface area contributed by atoms with Crippen molar-refractivity contribution < 1.29 is 29.9 Å². The highest BCUT2D eigenvalue weighted by Crippen LogP contribution is 2.22. The lowest BCUT2D eigenvalue weighted by atomic mass is 9.96. The topological polar surface area (TPSA) is 93.1 Å². The van der Waals surface area contributed by atoms with Crippen LogP contribution >= 0.6 is 0 Å². The number of carbonyl (C=O) groups excluding carboxylic acids is 2. The molecule has 0 aromatic heterocycles. The normalized spacial score (nSPS) is 11.8. The molecule has 128 valence electrons. The predicted octanol–water partition coefficient (Wildman–Crippen LogP) is 4.26. The Hall–Kier alpha value is -1.40. The summed E-state index contributed by atoms with van der Waals surface area (Å²) in [5.74, 6) is -1.90. The summed E-state index contributed by atoms with van der Waals surface area (Å²) in [6, 6.07) is 0. The lowest BCUT2D eigenvalue weighted by Gasteiger charge is -2.11. The largest absolute Gasteiger partial charge is 0.369 e. The van der Waals surface area contributed by atoms with Crippen LogP contribution < -0.4 is 0 Å². The number of rotatable bonds is 12. The molecular formula is C16H28O6. The maximum Gasteiger partial charge on any atom is 0.369 e. The minimum atomic E-state index is -0.951. The Labute approximate surface area is 132 Å². The van der Waals surface area contributed by atoms with Crippen molar-refractivity contribution in [2.24, 2.45) is 0 Å². The summed E-state index contributed by atoms with van der Waals surface area (Å²) in [5.41, 5.74) is 0.184. The van der Waals surface area contributed by atoms with E-state index >= 15 is 0 Å². The highest BCUT2D eigenvalue weighted by atomic mass is 17.1. The molecule has 0 atom stereocenters.